The highest BCUT2D eigenvalue weighted by Crippen LogP contribution is 2.37. The van der Waals surface area contributed by atoms with Crippen LogP contribution in [0, 0.1) is 10.1 Å². The molecule has 4 nitrogen and oxygen atoms in total. The van der Waals surface area contributed by atoms with E-state index in [9.17, 15) is 10.1 Å². The van der Waals surface area contributed by atoms with Crippen LogP contribution >= 0.6 is 11.3 Å². The van der Waals surface area contributed by atoms with Gasteiger partial charge in [0, 0.05) is 18.7 Å². The summed E-state index contributed by atoms with van der Waals surface area (Å²) >= 11 is 1.34. The average Bonchev–Trinajstić information content (AvgIpc) is 2.75. The lowest BCUT2D eigenvalue weighted by Gasteiger charge is -2.26. The molecule has 0 bridgehead atoms. The van der Waals surface area contributed by atoms with Gasteiger partial charge >= 0.3 is 5.00 Å². The standard InChI is InChI=1S/C12H18N2O2S/c1-2-6-10-9-11(17-12(10)14(15)16)13-7-4-3-5-8-13/h9H,2-8H2,1H3. The summed E-state index contributed by atoms with van der Waals surface area (Å²) in [6.45, 7) is 4.15. The summed E-state index contributed by atoms with van der Waals surface area (Å²) in [7, 11) is 0. The maximum absolute atomic E-state index is 11.0. The molecular weight excluding hydrogens is 236 g/mol. The van der Waals surface area contributed by atoms with Crippen LogP contribution in [-0.2, 0) is 6.42 Å². The number of thiophene rings is 1. The van der Waals surface area contributed by atoms with Gasteiger partial charge in [-0.05, 0) is 43.1 Å². The van der Waals surface area contributed by atoms with E-state index in [1.54, 1.807) is 0 Å². The summed E-state index contributed by atoms with van der Waals surface area (Å²) in [5.74, 6) is 0. The van der Waals surface area contributed by atoms with E-state index in [2.05, 4.69) is 11.8 Å². The molecule has 2 heterocycles. The predicted molar refractivity (Wildman–Crippen MR) is 71.0 cm³/mol. The van der Waals surface area contributed by atoms with Crippen molar-refractivity contribution < 1.29 is 4.92 Å². The van der Waals surface area contributed by atoms with Crippen LogP contribution in [0.25, 0.3) is 0 Å². The zero-order valence-corrected chi connectivity index (χ0v) is 11.0. The summed E-state index contributed by atoms with van der Waals surface area (Å²) in [5.41, 5.74) is 0.906. The number of nitro groups is 1. The molecule has 1 aliphatic heterocycles. The zero-order valence-electron chi connectivity index (χ0n) is 10.1. The number of rotatable bonds is 4. The van der Waals surface area contributed by atoms with Crippen molar-refractivity contribution in [3.63, 3.8) is 0 Å². The van der Waals surface area contributed by atoms with Gasteiger partial charge in [0.1, 0.15) is 0 Å². The second-order valence-corrected chi connectivity index (χ2v) is 5.48. The van der Waals surface area contributed by atoms with Gasteiger partial charge in [-0.25, -0.2) is 0 Å². The fraction of sp³-hybridized carbons (Fsp3) is 0.667. The molecule has 0 spiro atoms. The second-order valence-electron chi connectivity index (χ2n) is 4.47. The molecule has 0 aliphatic carbocycles. The molecule has 17 heavy (non-hydrogen) atoms. The average molecular weight is 254 g/mol. The summed E-state index contributed by atoms with van der Waals surface area (Å²) in [6.07, 6.45) is 5.45. The van der Waals surface area contributed by atoms with E-state index in [-0.39, 0.29) is 4.92 Å². The highest BCUT2D eigenvalue weighted by atomic mass is 32.1. The van der Waals surface area contributed by atoms with E-state index >= 15 is 0 Å². The van der Waals surface area contributed by atoms with E-state index in [4.69, 9.17) is 0 Å². The third-order valence-electron chi connectivity index (χ3n) is 3.13. The van der Waals surface area contributed by atoms with Crippen LogP contribution in [-0.4, -0.2) is 18.0 Å². The first-order valence-corrected chi connectivity index (χ1v) is 7.06. The molecule has 2 rings (SSSR count). The van der Waals surface area contributed by atoms with Gasteiger partial charge in [-0.2, -0.15) is 0 Å². The molecule has 1 aromatic rings. The van der Waals surface area contributed by atoms with Crippen molar-refractivity contribution in [3.8, 4) is 0 Å². The Morgan fingerprint density at radius 3 is 2.71 bits per heavy atom. The van der Waals surface area contributed by atoms with E-state index in [0.717, 1.165) is 36.5 Å². The van der Waals surface area contributed by atoms with E-state index in [0.29, 0.717) is 5.00 Å². The molecule has 1 aliphatic rings. The van der Waals surface area contributed by atoms with E-state index < -0.39 is 0 Å². The van der Waals surface area contributed by atoms with Crippen molar-refractivity contribution in [2.75, 3.05) is 18.0 Å². The Labute approximate surface area is 105 Å². The molecule has 0 saturated carbocycles. The van der Waals surface area contributed by atoms with Crippen LogP contribution in [0.1, 0.15) is 38.2 Å². The highest BCUT2D eigenvalue weighted by molar-refractivity contribution is 7.19. The van der Waals surface area contributed by atoms with E-state index in [1.807, 2.05) is 6.07 Å². The van der Waals surface area contributed by atoms with Crippen molar-refractivity contribution in [2.45, 2.75) is 39.0 Å². The highest BCUT2D eigenvalue weighted by Gasteiger charge is 2.22. The Hall–Kier alpha value is -1.10. The molecule has 0 radical (unpaired) electrons. The molecule has 0 atom stereocenters. The van der Waals surface area contributed by atoms with Gasteiger partial charge in [0.05, 0.1) is 9.92 Å². The summed E-state index contributed by atoms with van der Waals surface area (Å²) in [5, 5.41) is 12.4. The predicted octanol–water partition coefficient (Wildman–Crippen LogP) is 3.60. The number of aryl methyl sites for hydroxylation is 1. The SMILES string of the molecule is CCCc1cc(N2CCCCC2)sc1[N+](=O)[O-]. The van der Waals surface area contributed by atoms with Crippen LogP contribution in [0.3, 0.4) is 0 Å². The Kier molecular flexibility index (Phi) is 3.99. The summed E-state index contributed by atoms with van der Waals surface area (Å²) in [4.78, 5) is 13.0. The second kappa shape index (κ2) is 5.49. The van der Waals surface area contributed by atoms with Crippen LogP contribution < -0.4 is 4.90 Å². The Morgan fingerprint density at radius 1 is 1.41 bits per heavy atom. The quantitative estimate of drug-likeness (QED) is 0.609. The monoisotopic (exact) mass is 254 g/mol. The molecule has 1 aromatic heterocycles. The Morgan fingerprint density at radius 2 is 2.12 bits per heavy atom. The lowest BCUT2D eigenvalue weighted by atomic mass is 10.1. The maximum Gasteiger partial charge on any atom is 0.329 e. The van der Waals surface area contributed by atoms with Gasteiger partial charge in [-0.1, -0.05) is 13.3 Å². The molecule has 0 N–H and O–H groups in total. The van der Waals surface area contributed by atoms with Crippen molar-refractivity contribution in [2.24, 2.45) is 0 Å². The van der Waals surface area contributed by atoms with Gasteiger partial charge in [-0.15, -0.1) is 0 Å². The smallest absolute Gasteiger partial charge is 0.329 e. The fourth-order valence-corrected chi connectivity index (χ4v) is 3.36. The molecule has 0 aromatic carbocycles. The Balaban J connectivity index is 2.22. The van der Waals surface area contributed by atoms with E-state index in [1.165, 1.54) is 30.6 Å². The van der Waals surface area contributed by atoms with Crippen molar-refractivity contribution in [1.29, 1.82) is 0 Å². The summed E-state index contributed by atoms with van der Waals surface area (Å²) < 4.78 is 0. The van der Waals surface area contributed by atoms with Gasteiger partial charge < -0.3 is 4.90 Å². The first-order valence-electron chi connectivity index (χ1n) is 6.24. The maximum atomic E-state index is 11.0. The van der Waals surface area contributed by atoms with Crippen LogP contribution in [0.15, 0.2) is 6.07 Å². The molecule has 1 fully saturated rings. The number of hydrogen-bond acceptors (Lipinski definition) is 4. The molecule has 1 saturated heterocycles. The largest absolute Gasteiger partial charge is 0.363 e. The first kappa shape index (κ1) is 12.4. The minimum atomic E-state index is -0.233. The Bertz CT molecular complexity index is 397. The van der Waals surface area contributed by atoms with Crippen LogP contribution in [0.2, 0.25) is 0 Å². The number of anilines is 1. The number of nitrogens with zero attached hydrogens (tertiary/aromatic N) is 2. The molecule has 0 unspecified atom stereocenters. The van der Waals surface area contributed by atoms with Gasteiger partial charge in [-0.3, -0.25) is 10.1 Å². The van der Waals surface area contributed by atoms with Crippen molar-refractivity contribution >= 4 is 21.3 Å². The molecule has 0 amide bonds. The van der Waals surface area contributed by atoms with Crippen LogP contribution in [0.4, 0.5) is 10.0 Å². The zero-order chi connectivity index (χ0) is 12.3. The minimum Gasteiger partial charge on any atom is -0.363 e. The van der Waals surface area contributed by atoms with Crippen LogP contribution in [0.5, 0.6) is 0 Å². The lowest BCUT2D eigenvalue weighted by Crippen LogP contribution is -2.28. The molecular formula is C12H18N2O2S. The van der Waals surface area contributed by atoms with Crippen molar-refractivity contribution in [3.05, 3.63) is 21.7 Å². The summed E-state index contributed by atoms with van der Waals surface area (Å²) in [6, 6.07) is 2.03. The number of hydrogen-bond donors (Lipinski definition) is 0. The van der Waals surface area contributed by atoms with Crippen molar-refractivity contribution in [1.82, 2.24) is 0 Å². The van der Waals surface area contributed by atoms with Gasteiger partial charge in [0.15, 0.2) is 0 Å². The van der Waals surface area contributed by atoms with Gasteiger partial charge in [0.2, 0.25) is 0 Å². The first-order chi connectivity index (χ1) is 8.22. The fourth-order valence-electron chi connectivity index (χ4n) is 2.28. The third kappa shape index (κ3) is 2.77. The number of piperidine rings is 1. The van der Waals surface area contributed by atoms with Gasteiger partial charge in [0.25, 0.3) is 0 Å². The third-order valence-corrected chi connectivity index (χ3v) is 4.32. The molecule has 5 heteroatoms. The normalized spacial score (nSPS) is 16.2. The topological polar surface area (TPSA) is 46.4 Å². The lowest BCUT2D eigenvalue weighted by molar-refractivity contribution is -0.380. The molecule has 94 valence electrons. The minimum absolute atomic E-state index is 0.233.